The number of rotatable bonds is 4. The first-order valence-corrected chi connectivity index (χ1v) is 7.69. The summed E-state index contributed by atoms with van der Waals surface area (Å²) >= 11 is 1.74. The summed E-state index contributed by atoms with van der Waals surface area (Å²) in [6.07, 6.45) is 1.04. The van der Waals surface area contributed by atoms with Crippen LogP contribution < -0.4 is 10.1 Å². The van der Waals surface area contributed by atoms with Crippen molar-refractivity contribution in [1.82, 2.24) is 9.97 Å². The minimum absolute atomic E-state index is 0.765. The van der Waals surface area contributed by atoms with Gasteiger partial charge >= 0.3 is 0 Å². The van der Waals surface area contributed by atoms with Gasteiger partial charge in [-0.15, -0.1) is 11.3 Å². The standard InChI is InChI=1S/C16H17N3OS/c1-4-11-6-8-14(21-11)16-18-13-7-5-10(20-3)9-12(13)15(17-2)19-16/h5-9H,4H2,1-3H3,(H,17,18,19). The van der Waals surface area contributed by atoms with Crippen molar-refractivity contribution in [1.29, 1.82) is 0 Å². The number of thiophene rings is 1. The molecule has 108 valence electrons. The van der Waals surface area contributed by atoms with Gasteiger partial charge in [-0.05, 0) is 36.8 Å². The lowest BCUT2D eigenvalue weighted by atomic mass is 10.2. The number of aromatic nitrogens is 2. The summed E-state index contributed by atoms with van der Waals surface area (Å²) in [5.41, 5.74) is 0.914. The zero-order valence-corrected chi connectivity index (χ0v) is 13.1. The Kier molecular flexibility index (Phi) is 3.75. The number of aryl methyl sites for hydroxylation is 1. The molecule has 4 nitrogen and oxygen atoms in total. The molecule has 0 saturated heterocycles. The molecule has 1 N–H and O–H groups in total. The van der Waals surface area contributed by atoms with E-state index in [4.69, 9.17) is 4.74 Å². The Morgan fingerprint density at radius 3 is 2.71 bits per heavy atom. The van der Waals surface area contributed by atoms with Crippen LogP contribution in [0.15, 0.2) is 30.3 Å². The molecular formula is C16H17N3OS. The third-order valence-corrected chi connectivity index (χ3v) is 4.60. The lowest BCUT2D eigenvalue weighted by Crippen LogP contribution is -1.98. The highest BCUT2D eigenvalue weighted by Crippen LogP contribution is 2.31. The van der Waals surface area contributed by atoms with Crippen LogP contribution >= 0.6 is 11.3 Å². The molecule has 2 heterocycles. The topological polar surface area (TPSA) is 47.0 Å². The van der Waals surface area contributed by atoms with Crippen molar-refractivity contribution in [3.8, 4) is 16.5 Å². The molecule has 2 aromatic heterocycles. The summed E-state index contributed by atoms with van der Waals surface area (Å²) in [7, 11) is 3.53. The van der Waals surface area contributed by atoms with Gasteiger partial charge in [0.15, 0.2) is 5.82 Å². The van der Waals surface area contributed by atoms with Gasteiger partial charge in [-0.1, -0.05) is 6.92 Å². The number of benzene rings is 1. The predicted octanol–water partition coefficient (Wildman–Crippen LogP) is 3.97. The second-order valence-electron chi connectivity index (χ2n) is 4.65. The molecule has 0 radical (unpaired) electrons. The third-order valence-electron chi connectivity index (χ3n) is 3.37. The number of anilines is 1. The van der Waals surface area contributed by atoms with Crippen LogP contribution in [-0.2, 0) is 6.42 Å². The lowest BCUT2D eigenvalue weighted by molar-refractivity contribution is 0.415. The minimum Gasteiger partial charge on any atom is -0.497 e. The van der Waals surface area contributed by atoms with Crippen molar-refractivity contribution >= 4 is 28.1 Å². The van der Waals surface area contributed by atoms with Gasteiger partial charge in [-0.2, -0.15) is 0 Å². The first-order chi connectivity index (χ1) is 10.2. The van der Waals surface area contributed by atoms with Crippen LogP contribution in [-0.4, -0.2) is 24.1 Å². The smallest absolute Gasteiger partial charge is 0.172 e. The molecule has 0 amide bonds. The van der Waals surface area contributed by atoms with Gasteiger partial charge in [-0.3, -0.25) is 0 Å². The summed E-state index contributed by atoms with van der Waals surface area (Å²) < 4.78 is 5.27. The summed E-state index contributed by atoms with van der Waals surface area (Å²) in [6.45, 7) is 2.15. The maximum absolute atomic E-state index is 5.27. The van der Waals surface area contributed by atoms with Crippen LogP contribution in [0.4, 0.5) is 5.82 Å². The van der Waals surface area contributed by atoms with Crippen LogP contribution in [0.5, 0.6) is 5.75 Å². The van der Waals surface area contributed by atoms with Crippen LogP contribution in [0, 0.1) is 0 Å². The van der Waals surface area contributed by atoms with Gasteiger partial charge in [-0.25, -0.2) is 9.97 Å². The SMILES string of the molecule is CCc1ccc(-c2nc(NC)c3cc(OC)ccc3n2)s1. The van der Waals surface area contributed by atoms with Crippen molar-refractivity contribution in [3.63, 3.8) is 0 Å². The third kappa shape index (κ3) is 2.56. The largest absolute Gasteiger partial charge is 0.497 e. The monoisotopic (exact) mass is 299 g/mol. The van der Waals surface area contributed by atoms with Crippen LogP contribution in [0.1, 0.15) is 11.8 Å². The van der Waals surface area contributed by atoms with Crippen molar-refractivity contribution in [2.45, 2.75) is 13.3 Å². The van der Waals surface area contributed by atoms with E-state index in [-0.39, 0.29) is 0 Å². The van der Waals surface area contributed by atoms with Crippen molar-refractivity contribution < 1.29 is 4.74 Å². The number of ether oxygens (including phenoxy) is 1. The van der Waals surface area contributed by atoms with Crippen LogP contribution in [0.3, 0.4) is 0 Å². The highest BCUT2D eigenvalue weighted by Gasteiger charge is 2.11. The van der Waals surface area contributed by atoms with Crippen LogP contribution in [0.2, 0.25) is 0 Å². The molecule has 0 unspecified atom stereocenters. The Balaban J connectivity index is 2.17. The summed E-state index contributed by atoms with van der Waals surface area (Å²) in [4.78, 5) is 11.8. The molecule has 0 atom stereocenters. The normalized spacial score (nSPS) is 10.8. The Morgan fingerprint density at radius 2 is 2.05 bits per heavy atom. The molecule has 0 bridgehead atoms. The average molecular weight is 299 g/mol. The maximum Gasteiger partial charge on any atom is 0.172 e. The fourth-order valence-corrected chi connectivity index (χ4v) is 3.10. The van der Waals surface area contributed by atoms with Crippen LogP contribution in [0.25, 0.3) is 21.6 Å². The summed E-state index contributed by atoms with van der Waals surface area (Å²) in [5, 5.41) is 4.12. The number of fused-ring (bicyclic) bond motifs is 1. The van der Waals surface area contributed by atoms with Gasteiger partial charge in [0.05, 0.1) is 17.5 Å². The summed E-state index contributed by atoms with van der Waals surface area (Å²) in [6, 6.07) is 10.1. The molecule has 0 aliphatic heterocycles. The number of methoxy groups -OCH3 is 1. The molecule has 5 heteroatoms. The Morgan fingerprint density at radius 1 is 1.19 bits per heavy atom. The van der Waals surface area contributed by atoms with Crippen molar-refractivity contribution in [2.24, 2.45) is 0 Å². The van der Waals surface area contributed by atoms with E-state index in [0.717, 1.165) is 39.6 Å². The fraction of sp³-hybridized carbons (Fsp3) is 0.250. The maximum atomic E-state index is 5.27. The Bertz CT molecular complexity index is 782. The van der Waals surface area contributed by atoms with E-state index < -0.39 is 0 Å². The van der Waals surface area contributed by atoms with E-state index in [9.17, 15) is 0 Å². The fourth-order valence-electron chi connectivity index (χ4n) is 2.22. The molecule has 0 aliphatic rings. The number of hydrogen-bond donors (Lipinski definition) is 1. The second kappa shape index (κ2) is 5.69. The van der Waals surface area contributed by atoms with Gasteiger partial charge in [0, 0.05) is 17.3 Å². The molecule has 0 aliphatic carbocycles. The second-order valence-corrected chi connectivity index (χ2v) is 5.82. The molecule has 3 aromatic rings. The van der Waals surface area contributed by atoms with E-state index >= 15 is 0 Å². The van der Waals surface area contributed by atoms with Crippen molar-refractivity contribution in [3.05, 3.63) is 35.2 Å². The lowest BCUT2D eigenvalue weighted by Gasteiger charge is -2.08. The van der Waals surface area contributed by atoms with E-state index in [0.29, 0.717) is 0 Å². The minimum atomic E-state index is 0.765. The molecule has 3 rings (SSSR count). The highest BCUT2D eigenvalue weighted by atomic mass is 32.1. The predicted molar refractivity (Wildman–Crippen MR) is 88.3 cm³/mol. The number of hydrogen-bond acceptors (Lipinski definition) is 5. The molecular weight excluding hydrogens is 282 g/mol. The van der Waals surface area contributed by atoms with E-state index in [1.165, 1.54) is 4.88 Å². The highest BCUT2D eigenvalue weighted by molar-refractivity contribution is 7.15. The number of nitrogens with zero attached hydrogens (tertiary/aromatic N) is 2. The zero-order chi connectivity index (χ0) is 14.8. The molecule has 0 saturated carbocycles. The zero-order valence-electron chi connectivity index (χ0n) is 12.3. The van der Waals surface area contributed by atoms with Gasteiger partial charge in [0.1, 0.15) is 11.6 Å². The molecule has 0 spiro atoms. The molecule has 1 aromatic carbocycles. The Hall–Kier alpha value is -2.14. The van der Waals surface area contributed by atoms with Crippen molar-refractivity contribution in [2.75, 3.05) is 19.5 Å². The van der Waals surface area contributed by atoms with E-state index in [1.54, 1.807) is 18.4 Å². The first kappa shape index (κ1) is 13.8. The summed E-state index contributed by atoms with van der Waals surface area (Å²) in [5.74, 6) is 2.39. The quantitative estimate of drug-likeness (QED) is 0.792. The van der Waals surface area contributed by atoms with E-state index in [2.05, 4.69) is 34.3 Å². The van der Waals surface area contributed by atoms with Gasteiger partial charge in [0.2, 0.25) is 0 Å². The first-order valence-electron chi connectivity index (χ1n) is 6.87. The molecule has 21 heavy (non-hydrogen) atoms. The van der Waals surface area contributed by atoms with Gasteiger partial charge in [0.25, 0.3) is 0 Å². The van der Waals surface area contributed by atoms with Gasteiger partial charge < -0.3 is 10.1 Å². The Labute approximate surface area is 127 Å². The van der Waals surface area contributed by atoms with E-state index in [1.807, 2.05) is 25.2 Å². The number of nitrogens with one attached hydrogen (secondary N) is 1. The molecule has 0 fully saturated rings. The average Bonchev–Trinajstić information content (AvgIpc) is 3.02.